The normalized spacial score (nSPS) is 12.2. The maximum atomic E-state index is 5.23. The van der Waals surface area contributed by atoms with Gasteiger partial charge in [0.05, 0.1) is 12.8 Å². The lowest BCUT2D eigenvalue weighted by atomic mass is 10.1. The van der Waals surface area contributed by atoms with Crippen molar-refractivity contribution in [1.29, 1.82) is 0 Å². The molecule has 0 spiro atoms. The highest BCUT2D eigenvalue weighted by molar-refractivity contribution is 9.10. The Balaban J connectivity index is 2.54. The Morgan fingerprint density at radius 3 is 2.76 bits per heavy atom. The number of anilines is 1. The van der Waals surface area contributed by atoms with E-state index in [4.69, 9.17) is 4.74 Å². The molecule has 0 aliphatic heterocycles. The quantitative estimate of drug-likeness (QED) is 0.728. The molecule has 0 fully saturated rings. The highest BCUT2D eigenvalue weighted by Crippen LogP contribution is 2.28. The van der Waals surface area contributed by atoms with Gasteiger partial charge >= 0.3 is 0 Å². The van der Waals surface area contributed by atoms with E-state index in [1.807, 2.05) is 18.2 Å². The summed E-state index contributed by atoms with van der Waals surface area (Å²) >= 11 is 3.55. The molecule has 0 bridgehead atoms. The molecule has 2 nitrogen and oxygen atoms in total. The average Bonchev–Trinajstić information content (AvgIpc) is 2.32. The molecule has 1 N–H and O–H groups in total. The number of rotatable bonds is 7. The van der Waals surface area contributed by atoms with Gasteiger partial charge in [-0.15, -0.1) is 0 Å². The minimum Gasteiger partial charge on any atom is -0.497 e. The summed E-state index contributed by atoms with van der Waals surface area (Å²) in [5.74, 6) is 0.886. The second-order valence-electron chi connectivity index (χ2n) is 4.39. The predicted molar refractivity (Wildman–Crippen MR) is 77.9 cm³/mol. The molecule has 0 heterocycles. The molecule has 1 aromatic rings. The van der Waals surface area contributed by atoms with E-state index < -0.39 is 0 Å². The first-order valence-electron chi connectivity index (χ1n) is 6.27. The van der Waals surface area contributed by atoms with E-state index in [9.17, 15) is 0 Å². The molecule has 1 rings (SSSR count). The third kappa shape index (κ3) is 4.99. The van der Waals surface area contributed by atoms with Crippen molar-refractivity contribution < 1.29 is 4.74 Å². The Morgan fingerprint density at radius 1 is 1.35 bits per heavy atom. The molecule has 0 radical (unpaired) electrons. The van der Waals surface area contributed by atoms with E-state index >= 15 is 0 Å². The van der Waals surface area contributed by atoms with Crippen molar-refractivity contribution in [2.45, 2.75) is 45.6 Å². The van der Waals surface area contributed by atoms with Crippen LogP contribution in [0.2, 0.25) is 0 Å². The Kier molecular flexibility index (Phi) is 6.41. The number of methoxy groups -OCH3 is 1. The number of benzene rings is 1. The van der Waals surface area contributed by atoms with Gasteiger partial charge in [0.15, 0.2) is 0 Å². The molecule has 1 unspecified atom stereocenters. The van der Waals surface area contributed by atoms with Gasteiger partial charge in [0.25, 0.3) is 0 Å². The smallest absolute Gasteiger partial charge is 0.121 e. The molecule has 0 amide bonds. The van der Waals surface area contributed by atoms with Crippen LogP contribution in [0.3, 0.4) is 0 Å². The zero-order valence-corrected chi connectivity index (χ0v) is 12.5. The molecular weight excluding hydrogens is 278 g/mol. The summed E-state index contributed by atoms with van der Waals surface area (Å²) in [5.41, 5.74) is 1.10. The lowest BCUT2D eigenvalue weighted by Crippen LogP contribution is -2.15. The number of unbranched alkanes of at least 4 members (excludes halogenated alkanes) is 2. The zero-order chi connectivity index (χ0) is 12.7. The molecule has 0 aliphatic carbocycles. The van der Waals surface area contributed by atoms with Crippen LogP contribution in [0.25, 0.3) is 0 Å². The average molecular weight is 300 g/mol. The number of halogens is 1. The fraction of sp³-hybridized carbons (Fsp3) is 0.571. The molecule has 0 aromatic heterocycles. The van der Waals surface area contributed by atoms with Crippen LogP contribution >= 0.6 is 15.9 Å². The van der Waals surface area contributed by atoms with Gasteiger partial charge < -0.3 is 10.1 Å². The van der Waals surface area contributed by atoms with E-state index in [2.05, 4.69) is 35.1 Å². The predicted octanol–water partition coefficient (Wildman–Crippen LogP) is 4.84. The standard InChI is InChI=1S/C14H22BrNO/c1-4-5-6-7-11(2)16-14-10-12(17-3)8-9-13(14)15/h8-11,16H,4-7H2,1-3H3. The number of ether oxygens (including phenoxy) is 1. The van der Waals surface area contributed by atoms with Gasteiger partial charge in [-0.05, 0) is 41.4 Å². The summed E-state index contributed by atoms with van der Waals surface area (Å²) in [6, 6.07) is 6.49. The highest BCUT2D eigenvalue weighted by atomic mass is 79.9. The molecule has 1 aromatic carbocycles. The summed E-state index contributed by atoms with van der Waals surface area (Å²) in [7, 11) is 1.69. The second kappa shape index (κ2) is 7.59. The van der Waals surface area contributed by atoms with Crippen LogP contribution in [0.4, 0.5) is 5.69 Å². The van der Waals surface area contributed by atoms with Crippen LogP contribution in [-0.2, 0) is 0 Å². The minimum absolute atomic E-state index is 0.491. The summed E-state index contributed by atoms with van der Waals surface area (Å²) < 4.78 is 6.31. The highest BCUT2D eigenvalue weighted by Gasteiger charge is 2.06. The van der Waals surface area contributed by atoms with Crippen molar-refractivity contribution in [2.24, 2.45) is 0 Å². The van der Waals surface area contributed by atoms with Gasteiger partial charge in [-0.2, -0.15) is 0 Å². The molecule has 96 valence electrons. The van der Waals surface area contributed by atoms with E-state index in [-0.39, 0.29) is 0 Å². The van der Waals surface area contributed by atoms with Crippen molar-refractivity contribution in [3.63, 3.8) is 0 Å². The van der Waals surface area contributed by atoms with Crippen LogP contribution in [0.5, 0.6) is 5.75 Å². The fourth-order valence-electron chi connectivity index (χ4n) is 1.78. The molecule has 3 heteroatoms. The maximum Gasteiger partial charge on any atom is 0.121 e. The number of hydrogen-bond donors (Lipinski definition) is 1. The molecule has 17 heavy (non-hydrogen) atoms. The Labute approximate surface area is 113 Å². The Hall–Kier alpha value is -0.700. The molecule has 1 atom stereocenters. The maximum absolute atomic E-state index is 5.23. The van der Waals surface area contributed by atoms with Gasteiger partial charge in [0.2, 0.25) is 0 Å². The largest absolute Gasteiger partial charge is 0.497 e. The first-order valence-corrected chi connectivity index (χ1v) is 7.06. The Bertz CT molecular complexity index is 341. The minimum atomic E-state index is 0.491. The van der Waals surface area contributed by atoms with Gasteiger partial charge in [0.1, 0.15) is 5.75 Å². The van der Waals surface area contributed by atoms with Gasteiger partial charge in [-0.3, -0.25) is 0 Å². The topological polar surface area (TPSA) is 21.3 Å². The monoisotopic (exact) mass is 299 g/mol. The first-order chi connectivity index (χ1) is 8.17. The van der Waals surface area contributed by atoms with E-state index in [0.29, 0.717) is 6.04 Å². The lowest BCUT2D eigenvalue weighted by Gasteiger charge is -2.17. The SMILES string of the molecule is CCCCCC(C)Nc1cc(OC)ccc1Br. The van der Waals surface area contributed by atoms with E-state index in [1.165, 1.54) is 25.7 Å². The Morgan fingerprint density at radius 2 is 2.12 bits per heavy atom. The summed E-state index contributed by atoms with van der Waals surface area (Å²) in [5, 5.41) is 3.52. The summed E-state index contributed by atoms with van der Waals surface area (Å²) in [6.45, 7) is 4.46. The van der Waals surface area contributed by atoms with Crippen molar-refractivity contribution >= 4 is 21.6 Å². The summed E-state index contributed by atoms with van der Waals surface area (Å²) in [6.07, 6.45) is 5.07. The zero-order valence-electron chi connectivity index (χ0n) is 10.9. The number of hydrogen-bond acceptors (Lipinski definition) is 2. The van der Waals surface area contributed by atoms with Crippen molar-refractivity contribution in [1.82, 2.24) is 0 Å². The van der Waals surface area contributed by atoms with Crippen molar-refractivity contribution in [3.05, 3.63) is 22.7 Å². The van der Waals surface area contributed by atoms with Crippen LogP contribution in [-0.4, -0.2) is 13.2 Å². The van der Waals surface area contributed by atoms with Gasteiger partial charge in [0, 0.05) is 16.6 Å². The van der Waals surface area contributed by atoms with Crippen LogP contribution in [0, 0.1) is 0 Å². The first kappa shape index (κ1) is 14.4. The molecule has 0 saturated heterocycles. The third-order valence-electron chi connectivity index (χ3n) is 2.82. The van der Waals surface area contributed by atoms with Crippen molar-refractivity contribution in [2.75, 3.05) is 12.4 Å². The number of nitrogens with one attached hydrogen (secondary N) is 1. The van der Waals surface area contributed by atoms with Crippen LogP contribution < -0.4 is 10.1 Å². The van der Waals surface area contributed by atoms with Gasteiger partial charge in [-0.1, -0.05) is 26.2 Å². The summed E-state index contributed by atoms with van der Waals surface area (Å²) in [4.78, 5) is 0. The lowest BCUT2D eigenvalue weighted by molar-refractivity contribution is 0.415. The van der Waals surface area contributed by atoms with Crippen LogP contribution in [0.15, 0.2) is 22.7 Å². The second-order valence-corrected chi connectivity index (χ2v) is 5.24. The van der Waals surface area contributed by atoms with E-state index in [0.717, 1.165) is 15.9 Å². The fourth-order valence-corrected chi connectivity index (χ4v) is 2.14. The third-order valence-corrected chi connectivity index (χ3v) is 3.51. The molecule has 0 saturated carbocycles. The van der Waals surface area contributed by atoms with E-state index in [1.54, 1.807) is 7.11 Å². The molecule has 0 aliphatic rings. The van der Waals surface area contributed by atoms with Gasteiger partial charge in [-0.25, -0.2) is 0 Å². The molecular formula is C14H22BrNO. The van der Waals surface area contributed by atoms with Crippen LogP contribution in [0.1, 0.15) is 39.5 Å². The van der Waals surface area contributed by atoms with Crippen molar-refractivity contribution in [3.8, 4) is 5.75 Å².